The van der Waals surface area contributed by atoms with E-state index in [9.17, 15) is 4.79 Å². The van der Waals surface area contributed by atoms with Crippen LogP contribution in [0.4, 0.5) is 10.5 Å². The molecule has 2 amide bonds. The van der Waals surface area contributed by atoms with Crippen LogP contribution in [0.3, 0.4) is 0 Å². The highest BCUT2D eigenvalue weighted by Gasteiger charge is 2.32. The van der Waals surface area contributed by atoms with Crippen LogP contribution >= 0.6 is 0 Å². The number of ether oxygens (including phenoxy) is 1. The SMILES string of the molecule is COCCCNC(=O)N1Cc2ccccc2-n2cccc2[C@H]1c1ccc(N(C)C)cc1. The second-order valence-electron chi connectivity index (χ2n) is 8.03. The van der Waals surface area contributed by atoms with Gasteiger partial charge in [-0.1, -0.05) is 30.3 Å². The zero-order chi connectivity index (χ0) is 21.8. The molecule has 0 fully saturated rings. The second kappa shape index (κ2) is 9.27. The molecule has 6 heteroatoms. The van der Waals surface area contributed by atoms with Gasteiger partial charge in [0.2, 0.25) is 0 Å². The van der Waals surface area contributed by atoms with E-state index < -0.39 is 0 Å². The topological polar surface area (TPSA) is 49.7 Å². The molecule has 1 aromatic heterocycles. The Morgan fingerprint density at radius 1 is 1.10 bits per heavy atom. The van der Waals surface area contributed by atoms with Crippen LogP contribution in [-0.4, -0.2) is 49.9 Å². The first-order valence-electron chi connectivity index (χ1n) is 10.7. The zero-order valence-electron chi connectivity index (χ0n) is 18.4. The molecule has 4 rings (SSSR count). The first-order chi connectivity index (χ1) is 15.1. The fourth-order valence-corrected chi connectivity index (χ4v) is 4.16. The Morgan fingerprint density at radius 2 is 1.87 bits per heavy atom. The summed E-state index contributed by atoms with van der Waals surface area (Å²) in [5.41, 5.74) is 5.54. The number of nitrogens with zero attached hydrogens (tertiary/aromatic N) is 3. The number of fused-ring (bicyclic) bond motifs is 3. The molecule has 162 valence electrons. The molecule has 0 bridgehead atoms. The van der Waals surface area contributed by atoms with E-state index in [1.165, 1.54) is 0 Å². The lowest BCUT2D eigenvalue weighted by atomic mass is 10.0. The number of urea groups is 1. The highest BCUT2D eigenvalue weighted by molar-refractivity contribution is 5.76. The number of anilines is 1. The maximum Gasteiger partial charge on any atom is 0.318 e. The highest BCUT2D eigenvalue weighted by atomic mass is 16.5. The van der Waals surface area contributed by atoms with Crippen LogP contribution < -0.4 is 10.2 Å². The minimum atomic E-state index is -0.193. The van der Waals surface area contributed by atoms with Gasteiger partial charge in [0.15, 0.2) is 0 Å². The van der Waals surface area contributed by atoms with Crippen molar-refractivity contribution in [1.82, 2.24) is 14.8 Å². The van der Waals surface area contributed by atoms with Crippen molar-refractivity contribution in [2.75, 3.05) is 39.3 Å². The zero-order valence-corrected chi connectivity index (χ0v) is 18.4. The van der Waals surface area contributed by atoms with Crippen LogP contribution in [0.2, 0.25) is 0 Å². The van der Waals surface area contributed by atoms with Crippen molar-refractivity contribution in [3.05, 3.63) is 83.7 Å². The molecule has 31 heavy (non-hydrogen) atoms. The van der Waals surface area contributed by atoms with Crippen LogP contribution in [0.25, 0.3) is 5.69 Å². The van der Waals surface area contributed by atoms with Crippen molar-refractivity contribution >= 4 is 11.7 Å². The molecule has 1 atom stereocenters. The molecule has 3 aromatic rings. The summed E-state index contributed by atoms with van der Waals surface area (Å²) >= 11 is 0. The number of amides is 2. The van der Waals surface area contributed by atoms with E-state index in [0.29, 0.717) is 19.7 Å². The Labute approximate surface area is 184 Å². The molecular formula is C25H30N4O2. The van der Waals surface area contributed by atoms with Gasteiger partial charge in [0.25, 0.3) is 0 Å². The summed E-state index contributed by atoms with van der Waals surface area (Å²) in [7, 11) is 5.74. The molecule has 1 N–H and O–H groups in total. The number of hydrogen-bond donors (Lipinski definition) is 1. The van der Waals surface area contributed by atoms with E-state index >= 15 is 0 Å². The normalized spacial score (nSPS) is 15.1. The standard InChI is InChI=1S/C25H30N4O2/c1-27(2)21-13-11-19(12-14-21)24-23-10-6-16-28(23)22-9-5-4-8-20(22)18-29(24)25(30)26-15-7-17-31-3/h4-6,8-14,16,24H,7,15,17-18H2,1-3H3,(H,26,30)/t24-/m1/s1. The summed E-state index contributed by atoms with van der Waals surface area (Å²) in [5.74, 6) is 0. The number of hydrogen-bond acceptors (Lipinski definition) is 3. The van der Waals surface area contributed by atoms with E-state index in [-0.39, 0.29) is 12.1 Å². The number of para-hydroxylation sites is 1. The van der Waals surface area contributed by atoms with Crippen molar-refractivity contribution in [2.45, 2.75) is 19.0 Å². The molecule has 0 saturated heterocycles. The van der Waals surface area contributed by atoms with Crippen LogP contribution in [-0.2, 0) is 11.3 Å². The number of aromatic nitrogens is 1. The third kappa shape index (κ3) is 4.30. The van der Waals surface area contributed by atoms with Crippen LogP contribution in [0.15, 0.2) is 66.9 Å². The fourth-order valence-electron chi connectivity index (χ4n) is 4.16. The molecule has 1 aliphatic rings. The Kier molecular flexibility index (Phi) is 6.28. The minimum absolute atomic E-state index is 0.0674. The Hall–Kier alpha value is -3.25. The Bertz CT molecular complexity index is 1030. The van der Waals surface area contributed by atoms with Gasteiger partial charge in [0.1, 0.15) is 0 Å². The lowest BCUT2D eigenvalue weighted by molar-refractivity contribution is 0.174. The molecule has 0 radical (unpaired) electrons. The van der Waals surface area contributed by atoms with Gasteiger partial charge in [-0.05, 0) is 47.9 Å². The van der Waals surface area contributed by atoms with Gasteiger partial charge in [0, 0.05) is 51.9 Å². The van der Waals surface area contributed by atoms with Gasteiger partial charge in [0.05, 0.1) is 18.3 Å². The van der Waals surface area contributed by atoms with Crippen molar-refractivity contribution in [1.29, 1.82) is 0 Å². The van der Waals surface area contributed by atoms with Gasteiger partial charge in [-0.15, -0.1) is 0 Å². The predicted octanol–water partition coefficient (Wildman–Crippen LogP) is 4.19. The van der Waals surface area contributed by atoms with E-state index in [0.717, 1.165) is 34.6 Å². The fraction of sp³-hybridized carbons (Fsp3) is 0.320. The van der Waals surface area contributed by atoms with E-state index in [4.69, 9.17) is 4.74 Å². The summed E-state index contributed by atoms with van der Waals surface area (Å²) < 4.78 is 7.33. The summed E-state index contributed by atoms with van der Waals surface area (Å²) in [4.78, 5) is 17.4. The number of rotatable bonds is 6. The highest BCUT2D eigenvalue weighted by Crippen LogP contribution is 2.37. The van der Waals surface area contributed by atoms with Gasteiger partial charge >= 0.3 is 6.03 Å². The summed E-state index contributed by atoms with van der Waals surface area (Å²) in [6.07, 6.45) is 2.86. The quantitative estimate of drug-likeness (QED) is 0.611. The molecule has 6 nitrogen and oxygen atoms in total. The van der Waals surface area contributed by atoms with Crippen LogP contribution in [0.1, 0.15) is 29.3 Å². The smallest absolute Gasteiger partial charge is 0.318 e. The number of methoxy groups -OCH3 is 1. The first kappa shape index (κ1) is 21.0. The molecule has 0 spiro atoms. The van der Waals surface area contributed by atoms with Crippen LogP contribution in [0, 0.1) is 0 Å². The molecular weight excluding hydrogens is 388 g/mol. The molecule has 2 aromatic carbocycles. The average molecular weight is 419 g/mol. The monoisotopic (exact) mass is 418 g/mol. The third-order valence-electron chi connectivity index (χ3n) is 5.75. The summed E-state index contributed by atoms with van der Waals surface area (Å²) in [6.45, 7) is 1.74. The summed E-state index contributed by atoms with van der Waals surface area (Å²) in [5, 5.41) is 3.09. The van der Waals surface area contributed by atoms with Crippen molar-refractivity contribution in [3.8, 4) is 5.69 Å². The van der Waals surface area contributed by atoms with Gasteiger partial charge in [-0.25, -0.2) is 4.79 Å². The van der Waals surface area contributed by atoms with Gasteiger partial charge < -0.3 is 24.4 Å². The van der Waals surface area contributed by atoms with Gasteiger partial charge in [-0.2, -0.15) is 0 Å². The number of nitrogens with one attached hydrogen (secondary N) is 1. The second-order valence-corrected chi connectivity index (χ2v) is 8.03. The first-order valence-corrected chi connectivity index (χ1v) is 10.7. The lowest BCUT2D eigenvalue weighted by Crippen LogP contribution is -2.42. The minimum Gasteiger partial charge on any atom is -0.385 e. The van der Waals surface area contributed by atoms with E-state index in [1.54, 1.807) is 7.11 Å². The predicted molar refractivity (Wildman–Crippen MR) is 124 cm³/mol. The lowest BCUT2D eigenvalue weighted by Gasteiger charge is -2.31. The average Bonchev–Trinajstić information content (AvgIpc) is 3.21. The van der Waals surface area contributed by atoms with Crippen LogP contribution in [0.5, 0.6) is 0 Å². The maximum absolute atomic E-state index is 13.4. The molecule has 0 aliphatic carbocycles. The maximum atomic E-state index is 13.4. The van der Waals surface area contributed by atoms with E-state index in [2.05, 4.69) is 63.4 Å². The van der Waals surface area contributed by atoms with Crippen molar-refractivity contribution in [2.24, 2.45) is 0 Å². The number of carbonyl (C=O) groups excluding carboxylic acids is 1. The Morgan fingerprint density at radius 3 is 2.61 bits per heavy atom. The molecule has 0 unspecified atom stereocenters. The molecule has 1 aliphatic heterocycles. The van der Waals surface area contributed by atoms with Crippen molar-refractivity contribution < 1.29 is 9.53 Å². The third-order valence-corrected chi connectivity index (χ3v) is 5.75. The van der Waals surface area contributed by atoms with Crippen molar-refractivity contribution in [3.63, 3.8) is 0 Å². The van der Waals surface area contributed by atoms with E-state index in [1.807, 2.05) is 37.2 Å². The largest absolute Gasteiger partial charge is 0.385 e. The molecule has 2 heterocycles. The number of benzene rings is 2. The summed E-state index contributed by atoms with van der Waals surface area (Å²) in [6, 6.07) is 20.6. The molecule has 0 saturated carbocycles. The Balaban J connectivity index is 1.75. The number of carbonyl (C=O) groups is 1. The van der Waals surface area contributed by atoms with Gasteiger partial charge in [-0.3, -0.25) is 0 Å².